The van der Waals surface area contributed by atoms with Gasteiger partial charge in [-0.25, -0.2) is 0 Å². The van der Waals surface area contributed by atoms with Gasteiger partial charge in [0.1, 0.15) is 0 Å². The van der Waals surface area contributed by atoms with Gasteiger partial charge in [0.2, 0.25) is 0 Å². The second-order valence-corrected chi connectivity index (χ2v) is 7.44. The first kappa shape index (κ1) is 20.2. The molecule has 0 fully saturated rings. The van der Waals surface area contributed by atoms with Gasteiger partial charge in [-0.1, -0.05) is 42.1 Å². The van der Waals surface area contributed by atoms with E-state index in [1.807, 2.05) is 34.9 Å². The fourth-order valence-corrected chi connectivity index (χ4v) is 3.86. The van der Waals surface area contributed by atoms with Gasteiger partial charge in [0.15, 0.2) is 11.0 Å². The highest BCUT2D eigenvalue weighted by Gasteiger charge is 2.17. The molecule has 4 rings (SSSR count). The molecule has 1 heterocycles. The first-order valence-electron chi connectivity index (χ1n) is 9.15. The van der Waals surface area contributed by atoms with Crippen LogP contribution in [0.1, 0.15) is 5.56 Å². The van der Waals surface area contributed by atoms with Crippen LogP contribution in [0.4, 0.5) is 11.4 Å². The second kappa shape index (κ2) is 8.76. The first-order chi connectivity index (χ1) is 15.0. The lowest BCUT2D eigenvalue weighted by Crippen LogP contribution is -2.00. The van der Waals surface area contributed by atoms with Gasteiger partial charge in [0.05, 0.1) is 9.85 Å². The molecule has 0 unspecified atom stereocenters. The molecule has 0 saturated carbocycles. The summed E-state index contributed by atoms with van der Waals surface area (Å²) in [7, 11) is 0. The van der Waals surface area contributed by atoms with Crippen LogP contribution in [0.3, 0.4) is 0 Å². The number of nitrogens with zero attached hydrogens (tertiary/aromatic N) is 5. The lowest BCUT2D eigenvalue weighted by Gasteiger charge is -2.10. The van der Waals surface area contributed by atoms with Gasteiger partial charge < -0.3 is 0 Å². The number of hydrogen-bond donors (Lipinski definition) is 0. The first-order valence-corrected chi connectivity index (χ1v) is 10.1. The molecule has 0 bridgehead atoms. The number of hydrogen-bond acceptors (Lipinski definition) is 7. The monoisotopic (exact) mass is 433 g/mol. The van der Waals surface area contributed by atoms with Crippen molar-refractivity contribution >= 4 is 23.1 Å². The van der Waals surface area contributed by atoms with Crippen LogP contribution >= 0.6 is 11.8 Å². The summed E-state index contributed by atoms with van der Waals surface area (Å²) in [6.07, 6.45) is 0. The number of aromatic nitrogens is 3. The fourth-order valence-electron chi connectivity index (χ4n) is 2.95. The predicted molar refractivity (Wildman–Crippen MR) is 116 cm³/mol. The zero-order valence-corrected chi connectivity index (χ0v) is 16.8. The van der Waals surface area contributed by atoms with Gasteiger partial charge >= 0.3 is 0 Å². The molecule has 9 nitrogen and oxygen atoms in total. The van der Waals surface area contributed by atoms with Crippen molar-refractivity contribution in [3.63, 3.8) is 0 Å². The average molecular weight is 433 g/mol. The molecule has 154 valence electrons. The number of rotatable bonds is 7. The average Bonchev–Trinajstić information content (AvgIpc) is 3.22. The molecule has 10 heteroatoms. The highest BCUT2D eigenvalue weighted by atomic mass is 32.2. The van der Waals surface area contributed by atoms with Crippen LogP contribution in [-0.4, -0.2) is 24.6 Å². The molecule has 0 aliphatic carbocycles. The van der Waals surface area contributed by atoms with Gasteiger partial charge in [-0.15, -0.1) is 10.2 Å². The Morgan fingerprint density at radius 2 is 1.35 bits per heavy atom. The van der Waals surface area contributed by atoms with E-state index in [1.165, 1.54) is 36.0 Å². The molecule has 0 saturated heterocycles. The normalized spacial score (nSPS) is 10.7. The Bertz CT molecular complexity index is 1230. The van der Waals surface area contributed by atoms with Crippen LogP contribution in [0, 0.1) is 20.2 Å². The number of thioether (sulfide) groups is 1. The quantitative estimate of drug-likeness (QED) is 0.227. The summed E-state index contributed by atoms with van der Waals surface area (Å²) in [5.74, 6) is 1.11. The molecule has 0 aliphatic heterocycles. The van der Waals surface area contributed by atoms with E-state index in [2.05, 4.69) is 10.2 Å². The van der Waals surface area contributed by atoms with Crippen LogP contribution < -0.4 is 0 Å². The zero-order valence-electron chi connectivity index (χ0n) is 16.0. The topological polar surface area (TPSA) is 117 Å². The van der Waals surface area contributed by atoms with E-state index < -0.39 is 9.85 Å². The van der Waals surface area contributed by atoms with Crippen LogP contribution in [0.15, 0.2) is 84.0 Å². The third-order valence-electron chi connectivity index (χ3n) is 4.50. The Balaban J connectivity index is 1.66. The third kappa shape index (κ3) is 4.43. The summed E-state index contributed by atoms with van der Waals surface area (Å²) >= 11 is 1.44. The lowest BCUT2D eigenvalue weighted by atomic mass is 10.2. The summed E-state index contributed by atoms with van der Waals surface area (Å²) in [6, 6.07) is 22.1. The molecule has 1 aromatic heterocycles. The molecule has 0 radical (unpaired) electrons. The summed E-state index contributed by atoms with van der Waals surface area (Å²) in [5, 5.41) is 31.1. The molecular weight excluding hydrogens is 418 g/mol. The molecule has 3 aromatic carbocycles. The number of benzene rings is 3. The van der Waals surface area contributed by atoms with Crippen molar-refractivity contribution in [2.24, 2.45) is 0 Å². The molecule has 0 atom stereocenters. The minimum absolute atomic E-state index is 0.00213. The number of para-hydroxylation sites is 1. The van der Waals surface area contributed by atoms with Crippen molar-refractivity contribution in [2.75, 3.05) is 0 Å². The molecule has 0 spiro atoms. The number of nitro benzene ring substituents is 2. The van der Waals surface area contributed by atoms with E-state index in [1.54, 1.807) is 24.3 Å². The van der Waals surface area contributed by atoms with Crippen LogP contribution in [0.2, 0.25) is 0 Å². The lowest BCUT2D eigenvalue weighted by molar-refractivity contribution is -0.385. The smallest absolute Gasteiger partial charge is 0.269 e. The van der Waals surface area contributed by atoms with Gasteiger partial charge in [-0.3, -0.25) is 24.8 Å². The minimum Gasteiger partial charge on any atom is -0.270 e. The summed E-state index contributed by atoms with van der Waals surface area (Å²) in [6.45, 7) is 0. The summed E-state index contributed by atoms with van der Waals surface area (Å²) < 4.78 is 1.89. The van der Waals surface area contributed by atoms with Gasteiger partial charge in [-0.2, -0.15) is 0 Å². The summed E-state index contributed by atoms with van der Waals surface area (Å²) in [4.78, 5) is 20.9. The summed E-state index contributed by atoms with van der Waals surface area (Å²) in [5.41, 5.74) is 2.51. The molecular formula is C21H15N5O4S. The van der Waals surface area contributed by atoms with E-state index in [4.69, 9.17) is 0 Å². The Labute approximate surface area is 180 Å². The van der Waals surface area contributed by atoms with E-state index in [0.29, 0.717) is 22.3 Å². The fraction of sp³-hybridized carbons (Fsp3) is 0.0476. The largest absolute Gasteiger partial charge is 0.270 e. The van der Waals surface area contributed by atoms with Crippen molar-refractivity contribution in [1.82, 2.24) is 14.8 Å². The van der Waals surface area contributed by atoms with Crippen LogP contribution in [-0.2, 0) is 5.75 Å². The van der Waals surface area contributed by atoms with Crippen molar-refractivity contribution in [3.8, 4) is 17.1 Å². The second-order valence-electron chi connectivity index (χ2n) is 6.49. The molecule has 0 amide bonds. The Hall–Kier alpha value is -4.05. The van der Waals surface area contributed by atoms with Crippen molar-refractivity contribution in [2.45, 2.75) is 10.9 Å². The van der Waals surface area contributed by atoms with Crippen molar-refractivity contribution < 1.29 is 9.85 Å². The van der Waals surface area contributed by atoms with E-state index >= 15 is 0 Å². The van der Waals surface area contributed by atoms with Crippen molar-refractivity contribution in [1.29, 1.82) is 0 Å². The highest BCUT2D eigenvalue weighted by Crippen LogP contribution is 2.30. The maximum Gasteiger partial charge on any atom is 0.269 e. The SMILES string of the molecule is O=[N+]([O-])c1ccc(CSc2nnc(-c3ccc([N+](=O)[O-])cc3)n2-c2ccccc2)cc1. The number of nitro groups is 2. The Kier molecular flexibility index (Phi) is 5.72. The van der Waals surface area contributed by atoms with Crippen molar-refractivity contribution in [3.05, 3.63) is 105 Å². The van der Waals surface area contributed by atoms with E-state index in [9.17, 15) is 20.2 Å². The number of non-ortho nitro benzene ring substituents is 2. The maximum absolute atomic E-state index is 11.0. The van der Waals surface area contributed by atoms with E-state index in [-0.39, 0.29) is 11.4 Å². The Morgan fingerprint density at radius 1 is 0.774 bits per heavy atom. The maximum atomic E-state index is 11.0. The van der Waals surface area contributed by atoms with Gasteiger partial charge in [-0.05, 0) is 29.8 Å². The third-order valence-corrected chi connectivity index (χ3v) is 5.50. The van der Waals surface area contributed by atoms with Crippen LogP contribution in [0.5, 0.6) is 0 Å². The standard InChI is InChI=1S/C21H15N5O4S/c27-25(28)18-10-6-15(7-11-18)14-31-21-23-22-20(24(21)17-4-2-1-3-5-17)16-8-12-19(13-9-16)26(29)30/h1-13H,14H2. The molecule has 0 aliphatic rings. The predicted octanol–water partition coefficient (Wildman–Crippen LogP) is 5.04. The van der Waals surface area contributed by atoms with Gasteiger partial charge in [0.25, 0.3) is 11.4 Å². The minimum atomic E-state index is -0.447. The van der Waals surface area contributed by atoms with Gasteiger partial charge in [0, 0.05) is 41.3 Å². The molecule has 4 aromatic rings. The molecule has 0 N–H and O–H groups in total. The van der Waals surface area contributed by atoms with Crippen LogP contribution in [0.25, 0.3) is 17.1 Å². The highest BCUT2D eigenvalue weighted by molar-refractivity contribution is 7.98. The van der Waals surface area contributed by atoms with E-state index in [0.717, 1.165) is 11.3 Å². The zero-order chi connectivity index (χ0) is 21.8. The Morgan fingerprint density at radius 3 is 1.94 bits per heavy atom. The molecule has 31 heavy (non-hydrogen) atoms.